The van der Waals surface area contributed by atoms with Crippen molar-refractivity contribution in [3.05, 3.63) is 247 Å². The molecule has 0 saturated heterocycles. The van der Waals surface area contributed by atoms with Crippen molar-refractivity contribution in [2.24, 2.45) is 0 Å². The first-order valence-electron chi connectivity index (χ1n) is 24.8. The summed E-state index contributed by atoms with van der Waals surface area (Å²) in [5.74, 6) is 0. The van der Waals surface area contributed by atoms with Crippen molar-refractivity contribution < 1.29 is 4.49 Å². The Hall–Kier alpha value is -6.48. The second kappa shape index (κ2) is 18.9. The minimum absolute atomic E-state index is 0.00770. The van der Waals surface area contributed by atoms with Gasteiger partial charge in [0, 0.05) is 17.7 Å². The van der Waals surface area contributed by atoms with Crippen LogP contribution < -0.4 is 38.1 Å². The van der Waals surface area contributed by atoms with E-state index in [1.165, 1.54) is 128 Å². The van der Waals surface area contributed by atoms with Gasteiger partial charge < -0.3 is 4.49 Å². The van der Waals surface area contributed by atoms with Crippen LogP contribution in [0.3, 0.4) is 0 Å². The van der Waals surface area contributed by atoms with Gasteiger partial charge >= 0.3 is 6.28 Å². The molecular weight excluding hydrogens is 818 g/mol. The Morgan fingerprint density at radius 3 is 1.32 bits per heavy atom. The van der Waals surface area contributed by atoms with Crippen molar-refractivity contribution in [3.63, 3.8) is 0 Å². The molecule has 0 aromatic heterocycles. The number of nitrogens with one attached hydrogen (secondary N) is 1. The number of hydrogen-bond donors (Lipinski definition) is 1. The molecule has 0 amide bonds. The number of hydrogen-bond acceptors (Lipinski definition) is 1. The van der Waals surface area contributed by atoms with Crippen LogP contribution in [-0.4, -0.2) is 23.2 Å². The maximum absolute atomic E-state index is 4.37. The van der Waals surface area contributed by atoms with Gasteiger partial charge in [0.2, 0.25) is 6.71 Å². The van der Waals surface area contributed by atoms with E-state index in [9.17, 15) is 0 Å². The van der Waals surface area contributed by atoms with Crippen molar-refractivity contribution in [3.8, 4) is 0 Å². The van der Waals surface area contributed by atoms with E-state index in [-0.39, 0.29) is 12.8 Å². The van der Waals surface area contributed by atoms with Crippen molar-refractivity contribution in [2.45, 2.75) is 102 Å². The van der Waals surface area contributed by atoms with Crippen LogP contribution >= 0.6 is 0 Å². The fourth-order valence-electron chi connectivity index (χ4n) is 13.4. The fourth-order valence-corrected chi connectivity index (χ4v) is 13.4. The van der Waals surface area contributed by atoms with Gasteiger partial charge in [-0.25, -0.2) is 0 Å². The molecule has 0 spiro atoms. The van der Waals surface area contributed by atoms with Gasteiger partial charge in [0.05, 0.1) is 0 Å². The molecule has 0 fully saturated rings. The maximum atomic E-state index is 4.37. The summed E-state index contributed by atoms with van der Waals surface area (Å²) in [6.07, 6.45) is -1.80. The smallest absolute Gasteiger partial charge is 0.357 e. The summed E-state index contributed by atoms with van der Waals surface area (Å²) >= 11 is 0. The lowest BCUT2D eigenvalue weighted by Gasteiger charge is -2.41. The van der Waals surface area contributed by atoms with Gasteiger partial charge in [0.15, 0.2) is 0 Å². The van der Waals surface area contributed by atoms with Crippen LogP contribution in [0.5, 0.6) is 0 Å². The van der Waals surface area contributed by atoms with E-state index in [1.54, 1.807) is 0 Å². The molecule has 0 bridgehead atoms. The first-order chi connectivity index (χ1) is 32.7. The van der Waals surface area contributed by atoms with E-state index in [0.717, 1.165) is 6.54 Å². The summed E-state index contributed by atoms with van der Waals surface area (Å²) in [4.78, 5) is 0. The third-order valence-electron chi connectivity index (χ3n) is 15.3. The van der Waals surface area contributed by atoms with E-state index in [1.807, 2.05) is 0 Å². The van der Waals surface area contributed by atoms with Crippen molar-refractivity contribution in [1.82, 2.24) is 5.32 Å². The molecule has 8 aromatic carbocycles. The van der Waals surface area contributed by atoms with Crippen molar-refractivity contribution >= 4 is 51.5 Å². The summed E-state index contributed by atoms with van der Waals surface area (Å²) in [6.45, 7) is 29.1. The molecule has 1 aliphatic rings. The average molecular weight is 887 g/mol. The van der Waals surface area contributed by atoms with Crippen LogP contribution in [0.15, 0.2) is 158 Å². The zero-order chi connectivity index (χ0) is 48.0. The van der Waals surface area contributed by atoms with Gasteiger partial charge in [0.1, 0.15) is 18.3 Å². The Bertz CT molecular complexity index is 3030. The topological polar surface area (TPSA) is 15.0 Å². The molecule has 2 nitrogen and oxygen atoms in total. The summed E-state index contributed by atoms with van der Waals surface area (Å²) in [5, 5.41) is 4.37. The van der Waals surface area contributed by atoms with Gasteiger partial charge in [-0.1, -0.05) is 241 Å². The normalized spacial score (nSPS) is 13.5. The molecule has 1 N–H and O–H groups in total. The van der Waals surface area contributed by atoms with E-state index in [2.05, 4.69) is 251 Å². The second-order valence-corrected chi connectivity index (χ2v) is 20.5. The lowest BCUT2D eigenvalue weighted by atomic mass is 9.22. The Morgan fingerprint density at radius 1 is 0.441 bits per heavy atom. The van der Waals surface area contributed by atoms with E-state index < -0.39 is 6.28 Å². The van der Waals surface area contributed by atoms with Crippen molar-refractivity contribution in [2.75, 3.05) is 0 Å². The zero-order valence-electron chi connectivity index (χ0n) is 42.6. The molecule has 1 heterocycles. The van der Waals surface area contributed by atoms with Crippen LogP contribution in [-0.2, 0) is 13.1 Å². The summed E-state index contributed by atoms with van der Waals surface area (Å²) < 4.78 is 2.91. The molecule has 0 aliphatic carbocycles. The lowest BCUT2D eigenvalue weighted by Crippen LogP contribution is -2.75. The molecule has 8 aromatic rings. The molecule has 68 heavy (non-hydrogen) atoms. The fraction of sp³-hybridized carbons (Fsp3) is 0.234. The number of nitrogens with zero attached hydrogens (tertiary/aromatic N) is 1. The van der Waals surface area contributed by atoms with Crippen LogP contribution in [0.2, 0.25) is 0 Å². The highest BCUT2D eigenvalue weighted by Crippen LogP contribution is 2.32. The first kappa shape index (κ1) is 46.6. The van der Waals surface area contributed by atoms with Crippen LogP contribution in [0, 0.1) is 83.1 Å². The summed E-state index contributed by atoms with van der Waals surface area (Å²) in [6, 6.07) is 60.2. The molecule has 1 aliphatic heterocycles. The predicted molar refractivity (Wildman–Crippen MR) is 295 cm³/mol. The largest absolute Gasteiger partial charge is 0.437 e. The minimum atomic E-state index is -1.80. The summed E-state index contributed by atoms with van der Waals surface area (Å²) in [5.41, 5.74) is 30.7. The number of aryl methyl sites for hydroxylation is 12. The molecule has 9 rings (SSSR count). The van der Waals surface area contributed by atoms with Gasteiger partial charge in [-0.2, -0.15) is 0 Å². The lowest BCUT2D eigenvalue weighted by molar-refractivity contribution is -0.409. The molecule has 1 atom stereocenters. The molecule has 340 valence electrons. The second-order valence-electron chi connectivity index (χ2n) is 20.5. The minimum Gasteiger partial charge on any atom is -0.437 e. The first-order valence-corrected chi connectivity index (χ1v) is 24.8. The van der Waals surface area contributed by atoms with Crippen LogP contribution in [0.25, 0.3) is 0 Å². The third-order valence-corrected chi connectivity index (χ3v) is 15.3. The highest BCUT2D eigenvalue weighted by molar-refractivity contribution is 7.08. The third kappa shape index (κ3) is 8.32. The van der Waals surface area contributed by atoms with Gasteiger partial charge in [-0.15, -0.1) is 16.4 Å². The SMILES string of the molecule is Cc1cc(C)c(B(c2ccccc2[C@@H](NCc2ccccc2)C2=[N+](Cc3ccccc3)[B-](c3c(C)cc(C)cc3C)(c3c(C)cc(C)cc3C)c3ccccc32)c2c(C)cc(C)cc2C)c(C)c1. The van der Waals surface area contributed by atoms with E-state index in [4.69, 9.17) is 0 Å². The average Bonchev–Trinajstić information content (AvgIpc) is 3.54. The standard InChI is InChI=1S/C64H68B2N2/c1-41-31-45(5)59(46(6)32-41)65(60-47(7)33-42(2)34-48(60)8)57-29-21-19-27-55(57)63(67-39-53-23-15-13-16-24-53)64-56-28-20-22-30-58(56)66(61-49(9)35-43(3)36-50(61)10,62-51(11)37-44(4)38-52(62)12)68(64)40-54-25-17-14-18-26-54/h13-38,63,67H,39-40H2,1-12H3/t63-/m1/s1. The van der Waals surface area contributed by atoms with Crippen LogP contribution in [0.1, 0.15) is 95.1 Å². The monoisotopic (exact) mass is 887 g/mol. The predicted octanol–water partition coefficient (Wildman–Crippen LogP) is 10.4. The quantitative estimate of drug-likeness (QED) is 0.121. The highest BCUT2D eigenvalue weighted by atomic mass is 15.0. The van der Waals surface area contributed by atoms with Gasteiger partial charge in [-0.3, -0.25) is 5.32 Å². The Kier molecular flexibility index (Phi) is 13.0. The molecule has 0 saturated carbocycles. The number of rotatable bonds is 12. The zero-order valence-corrected chi connectivity index (χ0v) is 42.6. The van der Waals surface area contributed by atoms with Gasteiger partial charge in [0.25, 0.3) is 0 Å². The van der Waals surface area contributed by atoms with E-state index >= 15 is 0 Å². The number of fused-ring (bicyclic) bond motifs is 1. The Balaban J connectivity index is 1.47. The summed E-state index contributed by atoms with van der Waals surface area (Å²) in [7, 11) is 0. The van der Waals surface area contributed by atoms with E-state index in [0.29, 0.717) is 6.54 Å². The molecule has 4 heteroatoms. The Labute approximate surface area is 408 Å². The highest BCUT2D eigenvalue weighted by Gasteiger charge is 2.55. The molecular formula is C64H68B2N2. The molecule has 0 unspecified atom stereocenters. The number of benzene rings is 8. The Morgan fingerprint density at radius 2 is 0.838 bits per heavy atom. The van der Waals surface area contributed by atoms with Crippen LogP contribution in [0.4, 0.5) is 0 Å². The maximum Gasteiger partial charge on any atom is 0.357 e. The molecule has 0 radical (unpaired) electrons. The van der Waals surface area contributed by atoms with Crippen molar-refractivity contribution in [1.29, 1.82) is 0 Å². The van der Waals surface area contributed by atoms with Gasteiger partial charge in [-0.05, 0) is 94.2 Å².